The van der Waals surface area contributed by atoms with Crippen LogP contribution in [-0.4, -0.2) is 33.8 Å². The number of rotatable bonds is 7. The van der Waals surface area contributed by atoms with Crippen molar-refractivity contribution in [2.75, 3.05) is 12.4 Å². The highest BCUT2D eigenvalue weighted by Crippen LogP contribution is 2.24. The minimum absolute atomic E-state index is 0.176. The predicted molar refractivity (Wildman–Crippen MR) is 93.1 cm³/mol. The fraction of sp³-hybridized carbons (Fsp3) is 0.222. The molecule has 0 unspecified atom stereocenters. The summed E-state index contributed by atoms with van der Waals surface area (Å²) in [6.07, 6.45) is -0.674. The first kappa shape index (κ1) is 17.4. The standard InChI is InChI=1S/C18H17FN2O3S/c1-12-2-8-16(9-3-12)23-10-15(22)11-25-18-21-20-17(24-18)13-4-6-14(19)7-5-13/h2-9,15,22H,10-11H2,1H3/t15-/m0/s1. The lowest BCUT2D eigenvalue weighted by atomic mass is 10.2. The second-order valence-corrected chi connectivity index (χ2v) is 6.44. The minimum atomic E-state index is -0.674. The van der Waals surface area contributed by atoms with Crippen molar-refractivity contribution in [2.45, 2.75) is 18.3 Å². The van der Waals surface area contributed by atoms with Gasteiger partial charge in [0.2, 0.25) is 5.89 Å². The SMILES string of the molecule is Cc1ccc(OC[C@H](O)CSc2nnc(-c3ccc(F)cc3)o2)cc1. The van der Waals surface area contributed by atoms with E-state index < -0.39 is 6.10 Å². The Morgan fingerprint density at radius 1 is 1.12 bits per heavy atom. The molecule has 7 heteroatoms. The molecule has 0 aliphatic carbocycles. The maximum atomic E-state index is 12.9. The molecule has 1 atom stereocenters. The molecule has 2 aromatic carbocycles. The average molecular weight is 360 g/mol. The number of thioether (sulfide) groups is 1. The molecule has 25 heavy (non-hydrogen) atoms. The Labute approximate surface area is 148 Å². The molecule has 0 saturated carbocycles. The minimum Gasteiger partial charge on any atom is -0.491 e. The van der Waals surface area contributed by atoms with Gasteiger partial charge in [-0.05, 0) is 43.3 Å². The highest BCUT2D eigenvalue weighted by molar-refractivity contribution is 7.99. The van der Waals surface area contributed by atoms with Crippen molar-refractivity contribution in [3.8, 4) is 17.2 Å². The Bertz CT molecular complexity index is 806. The topological polar surface area (TPSA) is 68.4 Å². The van der Waals surface area contributed by atoms with Crippen LogP contribution in [0.25, 0.3) is 11.5 Å². The maximum absolute atomic E-state index is 12.9. The second-order valence-electron chi connectivity index (χ2n) is 5.47. The van der Waals surface area contributed by atoms with Crippen LogP contribution in [0.1, 0.15) is 5.56 Å². The van der Waals surface area contributed by atoms with Crippen LogP contribution in [0.3, 0.4) is 0 Å². The van der Waals surface area contributed by atoms with Crippen molar-refractivity contribution in [2.24, 2.45) is 0 Å². The average Bonchev–Trinajstić information content (AvgIpc) is 3.09. The van der Waals surface area contributed by atoms with E-state index in [4.69, 9.17) is 9.15 Å². The predicted octanol–water partition coefficient (Wildman–Crippen LogP) is 3.72. The summed E-state index contributed by atoms with van der Waals surface area (Å²) in [5.41, 5.74) is 1.79. The number of aromatic nitrogens is 2. The molecule has 0 aliphatic rings. The van der Waals surface area contributed by atoms with E-state index in [0.29, 0.717) is 28.2 Å². The Kier molecular flexibility index (Phi) is 5.67. The largest absolute Gasteiger partial charge is 0.491 e. The molecule has 1 heterocycles. The number of halogens is 1. The van der Waals surface area contributed by atoms with Gasteiger partial charge in [0.15, 0.2) is 0 Å². The highest BCUT2D eigenvalue weighted by atomic mass is 32.2. The quantitative estimate of drug-likeness (QED) is 0.648. The van der Waals surface area contributed by atoms with Crippen LogP contribution in [0.5, 0.6) is 5.75 Å². The van der Waals surface area contributed by atoms with E-state index in [9.17, 15) is 9.50 Å². The molecule has 130 valence electrons. The summed E-state index contributed by atoms with van der Waals surface area (Å²) >= 11 is 1.24. The van der Waals surface area contributed by atoms with Crippen molar-refractivity contribution in [1.82, 2.24) is 10.2 Å². The molecule has 0 amide bonds. The molecule has 1 N–H and O–H groups in total. The summed E-state index contributed by atoms with van der Waals surface area (Å²) in [4.78, 5) is 0. The molecular formula is C18H17FN2O3S. The van der Waals surface area contributed by atoms with Crippen LogP contribution >= 0.6 is 11.8 Å². The molecule has 0 fully saturated rings. The summed E-state index contributed by atoms with van der Waals surface area (Å²) < 4.78 is 24.0. The van der Waals surface area contributed by atoms with Gasteiger partial charge in [-0.3, -0.25) is 0 Å². The molecule has 0 radical (unpaired) electrons. The van der Waals surface area contributed by atoms with Gasteiger partial charge < -0.3 is 14.3 Å². The molecule has 0 spiro atoms. The van der Waals surface area contributed by atoms with E-state index in [1.165, 1.54) is 23.9 Å². The van der Waals surface area contributed by atoms with Crippen LogP contribution in [0, 0.1) is 12.7 Å². The van der Waals surface area contributed by atoms with E-state index in [1.54, 1.807) is 12.1 Å². The fourth-order valence-corrected chi connectivity index (χ4v) is 2.69. The molecule has 3 rings (SSSR count). The van der Waals surface area contributed by atoms with Crippen molar-refractivity contribution in [1.29, 1.82) is 0 Å². The smallest absolute Gasteiger partial charge is 0.276 e. The van der Waals surface area contributed by atoms with Gasteiger partial charge in [0.05, 0.1) is 6.10 Å². The summed E-state index contributed by atoms with van der Waals surface area (Å²) in [6.45, 7) is 2.18. The number of aliphatic hydroxyl groups is 1. The molecule has 0 saturated heterocycles. The lowest BCUT2D eigenvalue weighted by molar-refractivity contribution is 0.126. The van der Waals surface area contributed by atoms with Crippen molar-refractivity contribution in [3.63, 3.8) is 0 Å². The number of ether oxygens (including phenoxy) is 1. The van der Waals surface area contributed by atoms with E-state index in [0.717, 1.165) is 5.56 Å². The second kappa shape index (κ2) is 8.13. The van der Waals surface area contributed by atoms with Crippen LogP contribution in [0.15, 0.2) is 58.2 Å². The number of aliphatic hydroxyl groups excluding tert-OH is 1. The Balaban J connectivity index is 1.48. The third-order valence-corrected chi connectivity index (χ3v) is 4.32. The Hall–Kier alpha value is -2.38. The third kappa shape index (κ3) is 5.04. The van der Waals surface area contributed by atoms with Gasteiger partial charge in [-0.1, -0.05) is 29.5 Å². The van der Waals surface area contributed by atoms with Crippen LogP contribution in [0.4, 0.5) is 4.39 Å². The summed E-state index contributed by atoms with van der Waals surface area (Å²) in [7, 11) is 0. The van der Waals surface area contributed by atoms with Gasteiger partial charge in [-0.25, -0.2) is 4.39 Å². The number of aryl methyl sites for hydroxylation is 1. The van der Waals surface area contributed by atoms with E-state index in [-0.39, 0.29) is 12.4 Å². The first-order chi connectivity index (χ1) is 12.1. The summed E-state index contributed by atoms with van der Waals surface area (Å²) in [5, 5.41) is 18.2. The number of nitrogens with zero attached hydrogens (tertiary/aromatic N) is 2. The van der Waals surface area contributed by atoms with E-state index in [1.807, 2.05) is 31.2 Å². The van der Waals surface area contributed by atoms with Crippen LogP contribution < -0.4 is 4.74 Å². The van der Waals surface area contributed by atoms with Crippen molar-refractivity contribution < 1.29 is 18.7 Å². The Morgan fingerprint density at radius 3 is 2.56 bits per heavy atom. The number of hydrogen-bond acceptors (Lipinski definition) is 6. The third-order valence-electron chi connectivity index (χ3n) is 3.36. The van der Waals surface area contributed by atoms with E-state index in [2.05, 4.69) is 10.2 Å². The maximum Gasteiger partial charge on any atom is 0.276 e. The lowest BCUT2D eigenvalue weighted by Crippen LogP contribution is -2.20. The zero-order chi connectivity index (χ0) is 17.6. The van der Waals surface area contributed by atoms with Gasteiger partial charge in [0, 0.05) is 11.3 Å². The van der Waals surface area contributed by atoms with Crippen molar-refractivity contribution >= 4 is 11.8 Å². The monoisotopic (exact) mass is 360 g/mol. The Morgan fingerprint density at radius 2 is 1.84 bits per heavy atom. The zero-order valence-corrected chi connectivity index (χ0v) is 14.4. The molecule has 0 aliphatic heterocycles. The zero-order valence-electron chi connectivity index (χ0n) is 13.6. The first-order valence-electron chi connectivity index (χ1n) is 7.70. The molecule has 1 aromatic heterocycles. The van der Waals surface area contributed by atoms with Crippen LogP contribution in [0.2, 0.25) is 0 Å². The molecule has 3 aromatic rings. The van der Waals surface area contributed by atoms with Gasteiger partial charge in [-0.15, -0.1) is 10.2 Å². The molecule has 0 bridgehead atoms. The highest BCUT2D eigenvalue weighted by Gasteiger charge is 2.12. The normalized spacial score (nSPS) is 12.1. The van der Waals surface area contributed by atoms with Gasteiger partial charge in [-0.2, -0.15) is 0 Å². The number of benzene rings is 2. The van der Waals surface area contributed by atoms with Gasteiger partial charge in [0.25, 0.3) is 5.22 Å². The first-order valence-corrected chi connectivity index (χ1v) is 8.68. The fourth-order valence-electron chi connectivity index (χ4n) is 2.02. The molecule has 5 nitrogen and oxygen atoms in total. The number of hydrogen-bond donors (Lipinski definition) is 1. The van der Waals surface area contributed by atoms with Crippen molar-refractivity contribution in [3.05, 3.63) is 59.9 Å². The lowest BCUT2D eigenvalue weighted by Gasteiger charge is -2.11. The van der Waals surface area contributed by atoms with Crippen LogP contribution in [-0.2, 0) is 0 Å². The van der Waals surface area contributed by atoms with E-state index >= 15 is 0 Å². The van der Waals surface area contributed by atoms with Gasteiger partial charge in [0.1, 0.15) is 18.2 Å². The summed E-state index contributed by atoms with van der Waals surface area (Å²) in [6, 6.07) is 13.4. The van der Waals surface area contributed by atoms with Gasteiger partial charge >= 0.3 is 0 Å². The molecular weight excluding hydrogens is 343 g/mol. The summed E-state index contributed by atoms with van der Waals surface area (Å²) in [5.74, 6) is 1.06.